The third kappa shape index (κ3) is 4.85. The van der Waals surface area contributed by atoms with Crippen molar-refractivity contribution in [2.24, 2.45) is 0 Å². The van der Waals surface area contributed by atoms with Gasteiger partial charge in [-0.25, -0.2) is 4.98 Å². The molecule has 0 saturated carbocycles. The number of carbonyl (C=O) groups is 1. The summed E-state index contributed by atoms with van der Waals surface area (Å²) in [7, 11) is 0. The van der Waals surface area contributed by atoms with Gasteiger partial charge in [0.1, 0.15) is 22.9 Å². The zero-order valence-electron chi connectivity index (χ0n) is 17.1. The summed E-state index contributed by atoms with van der Waals surface area (Å²) in [6.45, 7) is 1.13. The zero-order valence-corrected chi connectivity index (χ0v) is 17.9. The molecule has 2 aromatic heterocycles. The van der Waals surface area contributed by atoms with E-state index in [1.807, 2.05) is 6.07 Å². The maximum atomic E-state index is 13.9. The van der Waals surface area contributed by atoms with Gasteiger partial charge >= 0.3 is 12.1 Å². The maximum Gasteiger partial charge on any atom is 0.417 e. The molecule has 0 spiro atoms. The SMILES string of the molecule is CC(=O)OSc1cc(C(F)(F)F)c2c(=O)cc(Nc3ccccc3)n(-c3ccccc3)c2n1. The van der Waals surface area contributed by atoms with Crippen molar-refractivity contribution >= 4 is 40.6 Å². The molecule has 33 heavy (non-hydrogen) atoms. The molecule has 0 saturated heterocycles. The third-order valence-electron chi connectivity index (χ3n) is 4.55. The van der Waals surface area contributed by atoms with Crippen LogP contribution in [0.2, 0.25) is 0 Å². The summed E-state index contributed by atoms with van der Waals surface area (Å²) in [6, 6.07) is 19.3. The number of anilines is 2. The van der Waals surface area contributed by atoms with Gasteiger partial charge in [0, 0.05) is 24.4 Å². The van der Waals surface area contributed by atoms with E-state index in [0.29, 0.717) is 29.5 Å². The van der Waals surface area contributed by atoms with Gasteiger partial charge in [-0.3, -0.25) is 14.2 Å². The van der Waals surface area contributed by atoms with Crippen LogP contribution in [0.1, 0.15) is 12.5 Å². The number of aromatic nitrogens is 2. The first kappa shape index (κ1) is 22.4. The molecular formula is C23H16F3N3O3S. The van der Waals surface area contributed by atoms with Gasteiger partial charge in [0.25, 0.3) is 0 Å². The number of halogens is 3. The lowest BCUT2D eigenvalue weighted by atomic mass is 10.1. The molecule has 0 amide bonds. The molecule has 0 atom stereocenters. The smallest absolute Gasteiger partial charge is 0.385 e. The molecule has 0 bridgehead atoms. The molecule has 0 radical (unpaired) electrons. The lowest BCUT2D eigenvalue weighted by Gasteiger charge is -2.20. The second-order valence-electron chi connectivity index (χ2n) is 6.92. The fraction of sp³-hybridized carbons (Fsp3) is 0.0870. The number of benzene rings is 2. The number of para-hydroxylation sites is 2. The molecule has 0 unspecified atom stereocenters. The first-order chi connectivity index (χ1) is 15.7. The van der Waals surface area contributed by atoms with Gasteiger partial charge in [-0.1, -0.05) is 36.4 Å². The zero-order chi connectivity index (χ0) is 23.6. The van der Waals surface area contributed by atoms with Crippen LogP contribution in [0, 0.1) is 0 Å². The number of hydrogen-bond acceptors (Lipinski definition) is 6. The highest BCUT2D eigenvalue weighted by molar-refractivity contribution is 7.95. The van der Waals surface area contributed by atoms with Crippen molar-refractivity contribution in [3.63, 3.8) is 0 Å². The van der Waals surface area contributed by atoms with E-state index in [-0.39, 0.29) is 16.5 Å². The Morgan fingerprint density at radius 3 is 2.27 bits per heavy atom. The highest BCUT2D eigenvalue weighted by Crippen LogP contribution is 2.37. The van der Waals surface area contributed by atoms with E-state index in [9.17, 15) is 22.8 Å². The fourth-order valence-corrected chi connectivity index (χ4v) is 3.75. The summed E-state index contributed by atoms with van der Waals surface area (Å²) < 4.78 is 48.1. The average Bonchev–Trinajstić information content (AvgIpc) is 2.78. The lowest BCUT2D eigenvalue weighted by molar-refractivity contribution is -0.136. The second-order valence-corrected chi connectivity index (χ2v) is 7.67. The van der Waals surface area contributed by atoms with Gasteiger partial charge in [0.15, 0.2) is 11.1 Å². The van der Waals surface area contributed by atoms with Crippen LogP contribution in [0.15, 0.2) is 82.6 Å². The second kappa shape index (κ2) is 8.99. The van der Waals surface area contributed by atoms with Crippen LogP contribution in [0.4, 0.5) is 24.7 Å². The topological polar surface area (TPSA) is 73.2 Å². The van der Waals surface area contributed by atoms with Crippen molar-refractivity contribution in [1.29, 1.82) is 0 Å². The highest BCUT2D eigenvalue weighted by atomic mass is 32.2. The summed E-state index contributed by atoms with van der Waals surface area (Å²) in [5.74, 6) is -0.476. The van der Waals surface area contributed by atoms with E-state index in [2.05, 4.69) is 10.3 Å². The van der Waals surface area contributed by atoms with Crippen LogP contribution in [0.25, 0.3) is 16.7 Å². The fourth-order valence-electron chi connectivity index (χ4n) is 3.26. The standard InChI is InChI=1S/C23H16F3N3O3S/c1-14(30)32-33-20-12-17(23(24,25)26)21-18(31)13-19(27-15-8-4-2-5-9-15)29(22(21)28-20)16-10-6-3-7-11-16/h2-13,27H,1H3. The van der Waals surface area contributed by atoms with E-state index in [4.69, 9.17) is 4.18 Å². The van der Waals surface area contributed by atoms with Crippen molar-refractivity contribution in [3.8, 4) is 5.69 Å². The molecule has 4 aromatic rings. The Bertz CT molecular complexity index is 1370. The van der Waals surface area contributed by atoms with Crippen LogP contribution < -0.4 is 10.7 Å². The number of carbonyl (C=O) groups excluding carboxylic acids is 1. The average molecular weight is 471 g/mol. The van der Waals surface area contributed by atoms with Crippen LogP contribution in [-0.4, -0.2) is 15.5 Å². The number of nitrogens with zero attached hydrogens (tertiary/aromatic N) is 2. The molecule has 1 N–H and O–H groups in total. The van der Waals surface area contributed by atoms with E-state index in [1.54, 1.807) is 54.6 Å². The van der Waals surface area contributed by atoms with Crippen LogP contribution in [0.3, 0.4) is 0 Å². The minimum atomic E-state index is -4.84. The Labute approximate surface area is 190 Å². The Kier molecular flexibility index (Phi) is 6.10. The van der Waals surface area contributed by atoms with Crippen LogP contribution >= 0.6 is 12.0 Å². The van der Waals surface area contributed by atoms with E-state index < -0.39 is 28.5 Å². The van der Waals surface area contributed by atoms with Crippen molar-refractivity contribution in [3.05, 3.63) is 88.6 Å². The Hall–Kier alpha value is -3.79. The molecule has 0 aliphatic heterocycles. The molecular weight excluding hydrogens is 455 g/mol. The number of hydrogen-bond donors (Lipinski definition) is 1. The minimum absolute atomic E-state index is 0.217. The van der Waals surface area contributed by atoms with E-state index in [1.165, 1.54) is 4.57 Å². The Balaban J connectivity index is 2.07. The Morgan fingerprint density at radius 2 is 1.67 bits per heavy atom. The maximum absolute atomic E-state index is 13.9. The predicted molar refractivity (Wildman–Crippen MR) is 120 cm³/mol. The summed E-state index contributed by atoms with van der Waals surface area (Å²) >= 11 is 0.397. The van der Waals surface area contributed by atoms with Crippen molar-refractivity contribution < 1.29 is 22.1 Å². The lowest BCUT2D eigenvalue weighted by Crippen LogP contribution is -2.18. The number of fused-ring (bicyclic) bond motifs is 1. The van der Waals surface area contributed by atoms with Gasteiger partial charge in [-0.2, -0.15) is 13.2 Å². The van der Waals surface area contributed by atoms with Gasteiger partial charge in [-0.05, 0) is 30.3 Å². The molecule has 0 aliphatic carbocycles. The van der Waals surface area contributed by atoms with Crippen LogP contribution in [-0.2, 0) is 15.2 Å². The summed E-state index contributed by atoms with van der Waals surface area (Å²) in [5, 5.41) is 2.28. The number of rotatable bonds is 5. The largest absolute Gasteiger partial charge is 0.417 e. The molecule has 2 heterocycles. The molecule has 10 heteroatoms. The van der Waals surface area contributed by atoms with Gasteiger partial charge < -0.3 is 9.50 Å². The molecule has 6 nitrogen and oxygen atoms in total. The van der Waals surface area contributed by atoms with Crippen molar-refractivity contribution in [2.75, 3.05) is 5.32 Å². The third-order valence-corrected chi connectivity index (χ3v) is 5.25. The molecule has 2 aromatic carbocycles. The van der Waals surface area contributed by atoms with Crippen LogP contribution in [0.5, 0.6) is 0 Å². The quantitative estimate of drug-likeness (QED) is 0.376. The van der Waals surface area contributed by atoms with Gasteiger partial charge in [0.2, 0.25) is 0 Å². The number of pyridine rings is 2. The first-order valence-corrected chi connectivity index (χ1v) is 10.4. The molecule has 168 valence electrons. The first-order valence-electron chi connectivity index (χ1n) is 9.64. The van der Waals surface area contributed by atoms with Crippen molar-refractivity contribution in [2.45, 2.75) is 18.1 Å². The minimum Gasteiger partial charge on any atom is -0.385 e. The van der Waals surface area contributed by atoms with Crippen molar-refractivity contribution in [1.82, 2.24) is 9.55 Å². The number of nitrogens with one attached hydrogen (secondary N) is 1. The summed E-state index contributed by atoms with van der Waals surface area (Å²) in [6.07, 6.45) is -4.84. The van der Waals surface area contributed by atoms with Gasteiger partial charge in [-0.15, -0.1) is 0 Å². The van der Waals surface area contributed by atoms with E-state index in [0.717, 1.165) is 13.0 Å². The van der Waals surface area contributed by atoms with Gasteiger partial charge in [0.05, 0.1) is 10.9 Å². The number of alkyl halides is 3. The molecule has 4 rings (SSSR count). The Morgan fingerprint density at radius 1 is 1.03 bits per heavy atom. The highest BCUT2D eigenvalue weighted by Gasteiger charge is 2.36. The van der Waals surface area contributed by atoms with E-state index >= 15 is 0 Å². The monoisotopic (exact) mass is 471 g/mol. The normalized spacial score (nSPS) is 11.4. The predicted octanol–water partition coefficient (Wildman–Crippen LogP) is 5.72. The summed E-state index contributed by atoms with van der Waals surface area (Å²) in [4.78, 5) is 28.4. The summed E-state index contributed by atoms with van der Waals surface area (Å²) in [5.41, 5.74) is -1.13. The molecule has 0 fully saturated rings. The molecule has 0 aliphatic rings.